The second-order valence-electron chi connectivity index (χ2n) is 5.56. The van der Waals surface area contributed by atoms with Gasteiger partial charge in [0, 0.05) is 5.56 Å². The SMILES string of the molecule is COC(=O)c1cccc(NC(=O)c2ccccc2-c2ccccc2)c1O. The Labute approximate surface area is 150 Å². The second kappa shape index (κ2) is 7.53. The number of carbonyl (C=O) groups is 2. The first-order valence-corrected chi connectivity index (χ1v) is 7.98. The van der Waals surface area contributed by atoms with Crippen molar-refractivity contribution in [2.45, 2.75) is 0 Å². The Morgan fingerprint density at radius 3 is 2.23 bits per heavy atom. The lowest BCUT2D eigenvalue weighted by Gasteiger charge is -2.12. The van der Waals surface area contributed by atoms with Gasteiger partial charge in [-0.05, 0) is 29.3 Å². The standard InChI is InChI=1S/C21H17NO4/c1-26-21(25)17-12-7-13-18(19(17)23)22-20(24)16-11-6-5-10-15(16)14-8-3-2-4-9-14/h2-13,23H,1H3,(H,22,24). The van der Waals surface area contributed by atoms with Gasteiger partial charge in [-0.1, -0.05) is 54.6 Å². The molecule has 0 fully saturated rings. The van der Waals surface area contributed by atoms with E-state index in [0.717, 1.165) is 11.1 Å². The Kier molecular flexibility index (Phi) is 4.99. The molecule has 0 aliphatic heterocycles. The molecule has 1 amide bonds. The molecule has 130 valence electrons. The molecular weight excluding hydrogens is 330 g/mol. The largest absolute Gasteiger partial charge is 0.505 e. The summed E-state index contributed by atoms with van der Waals surface area (Å²) in [6.45, 7) is 0. The van der Waals surface area contributed by atoms with Crippen LogP contribution in [0.15, 0.2) is 72.8 Å². The van der Waals surface area contributed by atoms with Gasteiger partial charge in [-0.3, -0.25) is 4.79 Å². The molecule has 0 saturated heterocycles. The third kappa shape index (κ3) is 3.42. The first-order valence-electron chi connectivity index (χ1n) is 7.98. The van der Waals surface area contributed by atoms with Gasteiger partial charge < -0.3 is 15.2 Å². The predicted molar refractivity (Wildman–Crippen MR) is 99.3 cm³/mol. The van der Waals surface area contributed by atoms with Crippen molar-refractivity contribution < 1.29 is 19.4 Å². The van der Waals surface area contributed by atoms with Crippen LogP contribution < -0.4 is 5.32 Å². The highest BCUT2D eigenvalue weighted by Crippen LogP contribution is 2.30. The zero-order valence-electron chi connectivity index (χ0n) is 14.1. The molecule has 0 atom stereocenters. The number of phenols is 1. The summed E-state index contributed by atoms with van der Waals surface area (Å²) in [5, 5.41) is 12.9. The van der Waals surface area contributed by atoms with E-state index in [2.05, 4.69) is 10.1 Å². The van der Waals surface area contributed by atoms with Gasteiger partial charge in [-0.15, -0.1) is 0 Å². The van der Waals surface area contributed by atoms with E-state index in [1.165, 1.54) is 19.2 Å². The molecule has 0 heterocycles. The molecule has 26 heavy (non-hydrogen) atoms. The van der Waals surface area contributed by atoms with Crippen LogP contribution in [0.25, 0.3) is 11.1 Å². The summed E-state index contributed by atoms with van der Waals surface area (Å²) < 4.78 is 4.63. The number of nitrogens with one attached hydrogen (secondary N) is 1. The Morgan fingerprint density at radius 2 is 1.50 bits per heavy atom. The van der Waals surface area contributed by atoms with Crippen molar-refractivity contribution >= 4 is 17.6 Å². The van der Waals surface area contributed by atoms with Gasteiger partial charge >= 0.3 is 5.97 Å². The summed E-state index contributed by atoms with van der Waals surface area (Å²) in [6, 6.07) is 21.2. The van der Waals surface area contributed by atoms with Gasteiger partial charge in [0.25, 0.3) is 5.91 Å². The first-order chi connectivity index (χ1) is 12.6. The minimum Gasteiger partial charge on any atom is -0.505 e. The number of carbonyl (C=O) groups excluding carboxylic acids is 2. The Balaban J connectivity index is 1.94. The van der Waals surface area contributed by atoms with Crippen LogP contribution in [0.1, 0.15) is 20.7 Å². The second-order valence-corrected chi connectivity index (χ2v) is 5.56. The molecule has 0 bridgehead atoms. The van der Waals surface area contributed by atoms with Gasteiger partial charge in [0.2, 0.25) is 0 Å². The number of benzene rings is 3. The van der Waals surface area contributed by atoms with Crippen LogP contribution in [0, 0.1) is 0 Å². The maximum absolute atomic E-state index is 12.8. The molecule has 3 rings (SSSR count). The van der Waals surface area contributed by atoms with Gasteiger partial charge in [-0.25, -0.2) is 4.79 Å². The number of amides is 1. The number of rotatable bonds is 4. The van der Waals surface area contributed by atoms with E-state index in [4.69, 9.17) is 0 Å². The van der Waals surface area contributed by atoms with E-state index in [1.54, 1.807) is 18.2 Å². The Bertz CT molecular complexity index is 951. The molecule has 0 aliphatic carbocycles. The average molecular weight is 347 g/mol. The molecular formula is C21H17NO4. The zero-order valence-corrected chi connectivity index (χ0v) is 14.1. The molecule has 0 spiro atoms. The molecule has 0 unspecified atom stereocenters. The third-order valence-corrected chi connectivity index (χ3v) is 3.95. The molecule has 3 aromatic rings. The lowest BCUT2D eigenvalue weighted by Crippen LogP contribution is -2.14. The molecule has 0 radical (unpaired) electrons. The van der Waals surface area contributed by atoms with Crippen LogP contribution in [0.2, 0.25) is 0 Å². The number of ether oxygens (including phenoxy) is 1. The molecule has 5 nitrogen and oxygen atoms in total. The number of aromatic hydroxyl groups is 1. The summed E-state index contributed by atoms with van der Waals surface area (Å²) in [5.74, 6) is -1.39. The van der Waals surface area contributed by atoms with E-state index in [1.807, 2.05) is 42.5 Å². The summed E-state index contributed by atoms with van der Waals surface area (Å²) in [6.07, 6.45) is 0. The van der Waals surface area contributed by atoms with E-state index in [-0.39, 0.29) is 22.9 Å². The Hall–Kier alpha value is -3.60. The maximum atomic E-state index is 12.8. The van der Waals surface area contributed by atoms with E-state index < -0.39 is 5.97 Å². The highest BCUT2D eigenvalue weighted by molar-refractivity contribution is 6.10. The fourth-order valence-corrected chi connectivity index (χ4v) is 2.66. The highest BCUT2D eigenvalue weighted by Gasteiger charge is 2.18. The van der Waals surface area contributed by atoms with Crippen LogP contribution in [-0.2, 0) is 4.74 Å². The summed E-state index contributed by atoms with van der Waals surface area (Å²) >= 11 is 0. The zero-order chi connectivity index (χ0) is 18.5. The van der Waals surface area contributed by atoms with Crippen LogP contribution in [0.5, 0.6) is 5.75 Å². The number of hydrogen-bond donors (Lipinski definition) is 2. The maximum Gasteiger partial charge on any atom is 0.341 e. The number of esters is 1. The lowest BCUT2D eigenvalue weighted by atomic mass is 9.99. The minimum absolute atomic E-state index is 0.0124. The summed E-state index contributed by atoms with van der Waals surface area (Å²) in [5.41, 5.74) is 2.27. The lowest BCUT2D eigenvalue weighted by molar-refractivity contribution is 0.0597. The Morgan fingerprint density at radius 1 is 0.846 bits per heavy atom. The van der Waals surface area contributed by atoms with Crippen molar-refractivity contribution in [2.24, 2.45) is 0 Å². The van der Waals surface area contributed by atoms with Crippen LogP contribution >= 0.6 is 0 Å². The van der Waals surface area contributed by atoms with Crippen molar-refractivity contribution in [3.05, 3.63) is 83.9 Å². The molecule has 0 saturated carbocycles. The average Bonchev–Trinajstić information content (AvgIpc) is 2.69. The van der Waals surface area contributed by atoms with Gasteiger partial charge in [0.1, 0.15) is 5.56 Å². The fraction of sp³-hybridized carbons (Fsp3) is 0.0476. The van der Waals surface area contributed by atoms with Crippen molar-refractivity contribution in [3.63, 3.8) is 0 Å². The number of hydrogen-bond acceptors (Lipinski definition) is 4. The third-order valence-electron chi connectivity index (χ3n) is 3.95. The number of phenolic OH excluding ortho intramolecular Hbond substituents is 1. The quantitative estimate of drug-likeness (QED) is 0.550. The molecule has 5 heteroatoms. The van der Waals surface area contributed by atoms with Gasteiger partial charge in [0.15, 0.2) is 5.75 Å². The van der Waals surface area contributed by atoms with E-state index in [0.29, 0.717) is 5.56 Å². The van der Waals surface area contributed by atoms with Crippen molar-refractivity contribution in [1.82, 2.24) is 0 Å². The number of para-hydroxylation sites is 1. The highest BCUT2D eigenvalue weighted by atomic mass is 16.5. The van der Waals surface area contributed by atoms with Crippen LogP contribution in [0.4, 0.5) is 5.69 Å². The van der Waals surface area contributed by atoms with Crippen LogP contribution in [-0.4, -0.2) is 24.1 Å². The topological polar surface area (TPSA) is 75.6 Å². The molecule has 2 N–H and O–H groups in total. The van der Waals surface area contributed by atoms with Crippen molar-refractivity contribution in [1.29, 1.82) is 0 Å². The summed E-state index contributed by atoms with van der Waals surface area (Å²) in [4.78, 5) is 24.5. The first kappa shape index (κ1) is 17.2. The number of methoxy groups -OCH3 is 1. The smallest absolute Gasteiger partial charge is 0.341 e. The van der Waals surface area contributed by atoms with Crippen LogP contribution in [0.3, 0.4) is 0 Å². The minimum atomic E-state index is -0.678. The normalized spacial score (nSPS) is 10.2. The van der Waals surface area contributed by atoms with Gasteiger partial charge in [0.05, 0.1) is 12.8 Å². The molecule has 3 aromatic carbocycles. The van der Waals surface area contributed by atoms with E-state index in [9.17, 15) is 14.7 Å². The predicted octanol–water partition coefficient (Wildman–Crippen LogP) is 4.10. The van der Waals surface area contributed by atoms with Crippen molar-refractivity contribution in [3.8, 4) is 16.9 Å². The van der Waals surface area contributed by atoms with E-state index >= 15 is 0 Å². The number of anilines is 1. The van der Waals surface area contributed by atoms with Gasteiger partial charge in [-0.2, -0.15) is 0 Å². The molecule has 0 aliphatic rings. The summed E-state index contributed by atoms with van der Waals surface area (Å²) in [7, 11) is 1.23. The van der Waals surface area contributed by atoms with Crippen molar-refractivity contribution in [2.75, 3.05) is 12.4 Å². The monoisotopic (exact) mass is 347 g/mol. The molecule has 0 aromatic heterocycles. The fourth-order valence-electron chi connectivity index (χ4n) is 2.66.